The normalized spacial score (nSPS) is 18.4. The van der Waals surface area contributed by atoms with Crippen molar-refractivity contribution in [2.45, 2.75) is 44.9 Å². The summed E-state index contributed by atoms with van der Waals surface area (Å²) in [6.07, 6.45) is 2.17. The Hall–Kier alpha value is -1.42. The fourth-order valence-electron chi connectivity index (χ4n) is 3.75. The summed E-state index contributed by atoms with van der Waals surface area (Å²) in [6, 6.07) is 3.13. The van der Waals surface area contributed by atoms with E-state index >= 15 is 0 Å². The monoisotopic (exact) mass is 485 g/mol. The first kappa shape index (κ1) is 22.3. The second kappa shape index (κ2) is 8.75. The summed E-state index contributed by atoms with van der Waals surface area (Å²) >= 11 is 5.27. The van der Waals surface area contributed by atoms with E-state index in [0.29, 0.717) is 18.7 Å². The molecule has 0 saturated heterocycles. The summed E-state index contributed by atoms with van der Waals surface area (Å²) in [5.74, 6) is 1.38. The van der Waals surface area contributed by atoms with Gasteiger partial charge in [0.05, 0.1) is 23.7 Å². The lowest BCUT2D eigenvalue weighted by Gasteiger charge is -2.36. The van der Waals surface area contributed by atoms with Gasteiger partial charge in [0, 0.05) is 28.9 Å². The second-order valence-corrected chi connectivity index (χ2v) is 9.79. The van der Waals surface area contributed by atoms with Gasteiger partial charge in [0.15, 0.2) is 0 Å². The van der Waals surface area contributed by atoms with Crippen molar-refractivity contribution in [2.75, 3.05) is 25.7 Å². The minimum atomic E-state index is -0.590. The third-order valence-electron chi connectivity index (χ3n) is 4.86. The molecule has 0 aliphatic carbocycles. The maximum absolute atomic E-state index is 12.4. The van der Waals surface area contributed by atoms with Crippen molar-refractivity contribution in [3.63, 3.8) is 0 Å². The number of aromatic nitrogens is 1. The number of amides is 1. The molecule has 1 aromatic heterocycles. The number of nitrogens with one attached hydrogen (secondary N) is 2. The maximum Gasteiger partial charge on any atom is 0.407 e. The molecule has 1 aromatic carbocycles. The molecule has 1 amide bonds. The van der Waals surface area contributed by atoms with Crippen LogP contribution in [-0.4, -0.2) is 58.7 Å². The number of H-pyrrole nitrogens is 1. The first-order valence-electron chi connectivity index (χ1n) is 9.47. The molecule has 7 nitrogen and oxygen atoms in total. The number of hydroxylamine groups is 2. The Morgan fingerprint density at radius 3 is 2.83 bits per heavy atom. The molecule has 1 aliphatic heterocycles. The third kappa shape index (κ3) is 4.68. The highest BCUT2D eigenvalue weighted by atomic mass is 79.9. The highest BCUT2D eigenvalue weighted by Gasteiger charge is 2.37. The Balaban J connectivity index is 2.01. The zero-order chi connectivity index (χ0) is 21.3. The SMILES string of the molecule is COc1ccc2[nH]c3c(c2c1Br)CCN(O)[C@H]3[C@@H](CSC)NC(=O)OC(C)(C)C. The fraction of sp³-hybridized carbons (Fsp3) is 0.550. The number of carbonyl (C=O) groups excluding carboxylic acids is 1. The van der Waals surface area contributed by atoms with Crippen LogP contribution in [0.15, 0.2) is 16.6 Å². The molecule has 3 N–H and O–H groups in total. The molecule has 0 fully saturated rings. The molecule has 0 radical (unpaired) electrons. The quantitative estimate of drug-likeness (QED) is 0.578. The van der Waals surface area contributed by atoms with Crippen LogP contribution in [0.1, 0.15) is 38.1 Å². The smallest absolute Gasteiger partial charge is 0.407 e. The summed E-state index contributed by atoms with van der Waals surface area (Å²) in [7, 11) is 1.64. The van der Waals surface area contributed by atoms with E-state index in [0.717, 1.165) is 32.4 Å². The molecule has 0 unspecified atom stereocenters. The summed E-state index contributed by atoms with van der Waals surface area (Å²) in [5.41, 5.74) is 2.40. The number of rotatable bonds is 5. The summed E-state index contributed by atoms with van der Waals surface area (Å²) in [4.78, 5) is 15.9. The van der Waals surface area contributed by atoms with Gasteiger partial charge in [0.1, 0.15) is 11.4 Å². The number of methoxy groups -OCH3 is 1. The number of carbonyl (C=O) groups is 1. The average Bonchev–Trinajstić information content (AvgIpc) is 2.99. The number of alkyl carbamates (subject to hydrolysis) is 1. The first-order chi connectivity index (χ1) is 13.7. The number of fused-ring (bicyclic) bond motifs is 3. The van der Waals surface area contributed by atoms with Crippen LogP contribution in [-0.2, 0) is 11.2 Å². The van der Waals surface area contributed by atoms with E-state index in [2.05, 4.69) is 26.2 Å². The third-order valence-corrected chi connectivity index (χ3v) is 6.34. The first-order valence-corrected chi connectivity index (χ1v) is 11.7. The van der Waals surface area contributed by atoms with Gasteiger partial charge in [-0.15, -0.1) is 0 Å². The molecule has 0 spiro atoms. The van der Waals surface area contributed by atoms with Crippen LogP contribution < -0.4 is 10.1 Å². The highest BCUT2D eigenvalue weighted by molar-refractivity contribution is 9.10. The summed E-state index contributed by atoms with van der Waals surface area (Å²) in [5, 5.41) is 16.0. The highest BCUT2D eigenvalue weighted by Crippen LogP contribution is 2.42. The number of hydrogen-bond acceptors (Lipinski definition) is 6. The Kier molecular flexibility index (Phi) is 6.72. The number of hydrogen-bond donors (Lipinski definition) is 3. The molecule has 2 aromatic rings. The number of halogens is 1. The van der Waals surface area contributed by atoms with Gasteiger partial charge in [-0.3, -0.25) is 0 Å². The molecule has 9 heteroatoms. The van der Waals surface area contributed by atoms with Crippen LogP contribution in [0, 0.1) is 0 Å². The molecule has 3 rings (SSSR count). The van der Waals surface area contributed by atoms with Gasteiger partial charge in [-0.2, -0.15) is 16.8 Å². The number of ether oxygens (including phenoxy) is 2. The predicted octanol–water partition coefficient (Wildman–Crippen LogP) is 4.48. The topological polar surface area (TPSA) is 86.8 Å². The molecular weight excluding hydrogens is 458 g/mol. The van der Waals surface area contributed by atoms with Crippen LogP contribution in [0.4, 0.5) is 4.79 Å². The van der Waals surface area contributed by atoms with E-state index in [-0.39, 0.29) is 6.04 Å². The van der Waals surface area contributed by atoms with Crippen molar-refractivity contribution in [3.05, 3.63) is 27.9 Å². The van der Waals surface area contributed by atoms with Crippen molar-refractivity contribution >= 4 is 44.7 Å². The average molecular weight is 486 g/mol. The molecule has 1 aliphatic rings. The predicted molar refractivity (Wildman–Crippen MR) is 119 cm³/mol. The lowest BCUT2D eigenvalue weighted by molar-refractivity contribution is -0.141. The van der Waals surface area contributed by atoms with Crippen molar-refractivity contribution in [1.82, 2.24) is 15.4 Å². The van der Waals surface area contributed by atoms with Gasteiger partial charge in [0.2, 0.25) is 0 Å². The Morgan fingerprint density at radius 1 is 1.48 bits per heavy atom. The Labute approximate surface area is 183 Å². The summed E-state index contributed by atoms with van der Waals surface area (Å²) < 4.78 is 11.8. The largest absolute Gasteiger partial charge is 0.496 e. The zero-order valence-electron chi connectivity index (χ0n) is 17.3. The fourth-order valence-corrected chi connectivity index (χ4v) is 5.13. The maximum atomic E-state index is 12.4. The van der Waals surface area contributed by atoms with Gasteiger partial charge in [-0.1, -0.05) is 0 Å². The van der Waals surface area contributed by atoms with Crippen LogP contribution in [0.2, 0.25) is 0 Å². The number of nitrogens with zero attached hydrogens (tertiary/aromatic N) is 1. The minimum absolute atomic E-state index is 0.336. The number of thioether (sulfide) groups is 1. The molecule has 0 bridgehead atoms. The van der Waals surface area contributed by atoms with Gasteiger partial charge < -0.3 is 25.0 Å². The Bertz CT molecular complexity index is 896. The van der Waals surface area contributed by atoms with E-state index in [1.54, 1.807) is 18.9 Å². The molecular formula is C20H28BrN3O4S. The molecule has 2 atom stereocenters. The number of benzene rings is 1. The van der Waals surface area contributed by atoms with E-state index in [1.165, 1.54) is 5.06 Å². The van der Waals surface area contributed by atoms with Crippen molar-refractivity contribution < 1.29 is 19.5 Å². The van der Waals surface area contributed by atoms with E-state index in [4.69, 9.17) is 9.47 Å². The van der Waals surface area contributed by atoms with Crippen LogP contribution in [0.5, 0.6) is 5.75 Å². The van der Waals surface area contributed by atoms with Gasteiger partial charge in [-0.25, -0.2) is 4.79 Å². The van der Waals surface area contributed by atoms with E-state index in [1.807, 2.05) is 39.2 Å². The zero-order valence-corrected chi connectivity index (χ0v) is 19.7. The Morgan fingerprint density at radius 2 is 2.21 bits per heavy atom. The lowest BCUT2D eigenvalue weighted by Crippen LogP contribution is -2.50. The van der Waals surface area contributed by atoms with E-state index < -0.39 is 17.7 Å². The van der Waals surface area contributed by atoms with Crippen LogP contribution in [0.25, 0.3) is 10.9 Å². The molecule has 160 valence electrons. The van der Waals surface area contributed by atoms with Crippen molar-refractivity contribution in [1.29, 1.82) is 0 Å². The van der Waals surface area contributed by atoms with Gasteiger partial charge in [0.25, 0.3) is 0 Å². The standard InChI is InChI=1S/C20H28BrN3O4S/c1-20(2,3)28-19(25)23-13(10-29-5)18-17-11(8-9-24(18)26)15-12(22-17)6-7-14(27-4)16(15)21/h6-7,13,18,22,26H,8-10H2,1-5H3,(H,23,25)/t13-,18+/m1/s1. The van der Waals surface area contributed by atoms with Crippen LogP contribution >= 0.6 is 27.7 Å². The van der Waals surface area contributed by atoms with Crippen LogP contribution in [0.3, 0.4) is 0 Å². The van der Waals surface area contributed by atoms with Gasteiger partial charge in [-0.05, 0) is 67.1 Å². The summed E-state index contributed by atoms with van der Waals surface area (Å²) in [6.45, 7) is 5.95. The molecule has 0 saturated carbocycles. The minimum Gasteiger partial charge on any atom is -0.496 e. The van der Waals surface area contributed by atoms with Crippen molar-refractivity contribution in [3.8, 4) is 5.75 Å². The molecule has 2 heterocycles. The lowest BCUT2D eigenvalue weighted by atomic mass is 9.94. The van der Waals surface area contributed by atoms with Gasteiger partial charge >= 0.3 is 6.09 Å². The second-order valence-electron chi connectivity index (χ2n) is 8.09. The number of aromatic amines is 1. The van der Waals surface area contributed by atoms with E-state index in [9.17, 15) is 10.0 Å². The molecule has 29 heavy (non-hydrogen) atoms. The van der Waals surface area contributed by atoms with Crippen molar-refractivity contribution in [2.24, 2.45) is 0 Å².